The quantitative estimate of drug-likeness (QED) is 0.670. The van der Waals surface area contributed by atoms with E-state index in [4.69, 9.17) is 0 Å². The minimum atomic E-state index is -0.232. The highest BCUT2D eigenvalue weighted by atomic mass is 16.2. The van der Waals surface area contributed by atoms with Crippen molar-refractivity contribution in [3.8, 4) is 0 Å². The number of pyridine rings is 1. The summed E-state index contributed by atoms with van der Waals surface area (Å²) in [7, 11) is 1.73. The zero-order valence-electron chi connectivity index (χ0n) is 17.4. The molecule has 2 N–H and O–H groups in total. The summed E-state index contributed by atoms with van der Waals surface area (Å²) < 4.78 is 1.58. The minimum Gasteiger partial charge on any atom is -0.331 e. The van der Waals surface area contributed by atoms with Gasteiger partial charge in [-0.25, -0.2) is 4.79 Å². The number of hydrogen-bond acceptors (Lipinski definition) is 2. The van der Waals surface area contributed by atoms with E-state index < -0.39 is 0 Å². The molecule has 1 aromatic heterocycles. The van der Waals surface area contributed by atoms with Gasteiger partial charge in [0.1, 0.15) is 0 Å². The maximum atomic E-state index is 12.7. The van der Waals surface area contributed by atoms with Crippen LogP contribution in [0.15, 0.2) is 53.3 Å². The third-order valence-corrected chi connectivity index (χ3v) is 5.81. The first-order valence-electron chi connectivity index (χ1n) is 10.0. The van der Waals surface area contributed by atoms with Gasteiger partial charge < -0.3 is 15.2 Å². The second-order valence-electron chi connectivity index (χ2n) is 8.82. The highest BCUT2D eigenvalue weighted by molar-refractivity contribution is 6.00. The summed E-state index contributed by atoms with van der Waals surface area (Å²) in [6.45, 7) is 6.65. The Morgan fingerprint density at radius 1 is 1.10 bits per heavy atom. The van der Waals surface area contributed by atoms with Crippen LogP contribution in [0.2, 0.25) is 0 Å². The van der Waals surface area contributed by atoms with Gasteiger partial charge in [0.05, 0.1) is 17.2 Å². The maximum Gasteiger partial charge on any atom is 0.319 e. The van der Waals surface area contributed by atoms with Gasteiger partial charge in [0.15, 0.2) is 0 Å². The Morgan fingerprint density at radius 3 is 2.66 bits per heavy atom. The summed E-state index contributed by atoms with van der Waals surface area (Å²) in [6, 6.07) is 15.2. The molecule has 0 bridgehead atoms. The number of hydrogen-bond donors (Lipinski definition) is 2. The fourth-order valence-corrected chi connectivity index (χ4v) is 4.07. The molecule has 0 unspecified atom stereocenters. The number of anilines is 1. The van der Waals surface area contributed by atoms with E-state index in [9.17, 15) is 9.59 Å². The number of fused-ring (bicyclic) bond motifs is 2. The number of rotatable bonds is 2. The molecule has 2 aromatic carbocycles. The predicted molar refractivity (Wildman–Crippen MR) is 118 cm³/mol. The second-order valence-corrected chi connectivity index (χ2v) is 8.82. The Labute approximate surface area is 170 Å². The van der Waals surface area contributed by atoms with Crippen molar-refractivity contribution in [3.05, 3.63) is 75.6 Å². The number of carbonyl (C=O) groups excluding carboxylic acids is 1. The molecule has 1 aliphatic carbocycles. The van der Waals surface area contributed by atoms with Gasteiger partial charge in [-0.15, -0.1) is 0 Å². The molecule has 0 fully saturated rings. The topological polar surface area (TPSA) is 63.1 Å². The molecule has 3 aromatic rings. The largest absolute Gasteiger partial charge is 0.331 e. The van der Waals surface area contributed by atoms with Gasteiger partial charge in [-0.05, 0) is 53.1 Å². The molecule has 5 heteroatoms. The van der Waals surface area contributed by atoms with Crippen molar-refractivity contribution < 1.29 is 4.79 Å². The van der Waals surface area contributed by atoms with Crippen molar-refractivity contribution in [1.29, 1.82) is 0 Å². The van der Waals surface area contributed by atoms with E-state index in [1.165, 1.54) is 22.8 Å². The van der Waals surface area contributed by atoms with Crippen LogP contribution in [0.4, 0.5) is 10.5 Å². The molecule has 0 spiro atoms. The first-order valence-corrected chi connectivity index (χ1v) is 10.0. The third kappa shape index (κ3) is 3.65. The van der Waals surface area contributed by atoms with Crippen molar-refractivity contribution in [2.75, 3.05) is 5.32 Å². The Kier molecular flexibility index (Phi) is 4.69. The molecule has 5 nitrogen and oxygen atoms in total. The minimum absolute atomic E-state index is 0.0124. The molecule has 1 heterocycles. The Morgan fingerprint density at radius 2 is 1.90 bits per heavy atom. The molecule has 150 valence electrons. The number of urea groups is 1. The molecule has 0 aliphatic heterocycles. The van der Waals surface area contributed by atoms with Crippen LogP contribution in [0.5, 0.6) is 0 Å². The zero-order valence-corrected chi connectivity index (χ0v) is 17.4. The van der Waals surface area contributed by atoms with Crippen LogP contribution >= 0.6 is 0 Å². The van der Waals surface area contributed by atoms with Crippen molar-refractivity contribution in [2.24, 2.45) is 7.05 Å². The maximum absolute atomic E-state index is 12.7. The number of nitrogens with zero attached hydrogens (tertiary/aromatic N) is 1. The van der Waals surface area contributed by atoms with Crippen LogP contribution in [0, 0.1) is 0 Å². The van der Waals surface area contributed by atoms with E-state index in [1.54, 1.807) is 17.7 Å². The van der Waals surface area contributed by atoms with E-state index in [0.29, 0.717) is 5.69 Å². The Bertz CT molecular complexity index is 1150. The van der Waals surface area contributed by atoms with E-state index >= 15 is 0 Å². The molecule has 1 atom stereocenters. The SMILES string of the molecule is Cn1c(=O)ccc2c(NC(=O)N[C@@H]3CCc4cc(C(C)(C)C)ccc43)cccc21. The molecule has 1 aliphatic rings. The number of aryl methyl sites for hydroxylation is 2. The van der Waals surface area contributed by atoms with Crippen LogP contribution in [-0.2, 0) is 18.9 Å². The summed E-state index contributed by atoms with van der Waals surface area (Å²) in [5, 5.41) is 6.91. The van der Waals surface area contributed by atoms with E-state index in [2.05, 4.69) is 49.6 Å². The molecule has 29 heavy (non-hydrogen) atoms. The zero-order chi connectivity index (χ0) is 20.8. The van der Waals surface area contributed by atoms with Crippen LogP contribution in [0.25, 0.3) is 10.9 Å². The number of benzene rings is 2. The molecule has 0 radical (unpaired) electrons. The third-order valence-electron chi connectivity index (χ3n) is 5.81. The van der Waals surface area contributed by atoms with Gasteiger partial charge in [0, 0.05) is 18.5 Å². The number of nitrogens with one attached hydrogen (secondary N) is 2. The normalized spacial score (nSPS) is 15.9. The van der Waals surface area contributed by atoms with Crippen molar-refractivity contribution in [3.63, 3.8) is 0 Å². The van der Waals surface area contributed by atoms with Gasteiger partial charge in [0.2, 0.25) is 0 Å². The van der Waals surface area contributed by atoms with Gasteiger partial charge in [0.25, 0.3) is 5.56 Å². The standard InChI is InChI=1S/C24H27N3O2/c1-24(2,3)16-9-10-17-15(14-16)8-12-20(17)26-23(29)25-19-6-5-7-21-18(19)11-13-22(28)27(21)4/h5-7,9-11,13-14,20H,8,12H2,1-4H3,(H2,25,26,29)/t20-/m1/s1. The monoisotopic (exact) mass is 389 g/mol. The van der Waals surface area contributed by atoms with Crippen LogP contribution in [0.3, 0.4) is 0 Å². The van der Waals surface area contributed by atoms with Crippen LogP contribution < -0.4 is 16.2 Å². The van der Waals surface area contributed by atoms with Gasteiger partial charge in [-0.3, -0.25) is 4.79 Å². The number of aromatic nitrogens is 1. The van der Waals surface area contributed by atoms with Gasteiger partial charge in [-0.1, -0.05) is 45.0 Å². The Balaban J connectivity index is 1.53. The van der Waals surface area contributed by atoms with E-state index in [1.807, 2.05) is 18.2 Å². The lowest BCUT2D eigenvalue weighted by atomic mass is 9.85. The highest BCUT2D eigenvalue weighted by Gasteiger charge is 2.26. The predicted octanol–water partition coefficient (Wildman–Crippen LogP) is 4.65. The number of amides is 2. The van der Waals surface area contributed by atoms with E-state index in [0.717, 1.165) is 23.7 Å². The average Bonchev–Trinajstić information content (AvgIpc) is 3.06. The highest BCUT2D eigenvalue weighted by Crippen LogP contribution is 2.34. The summed E-state index contributed by atoms with van der Waals surface area (Å²) in [4.78, 5) is 24.6. The molecule has 0 saturated heterocycles. The van der Waals surface area contributed by atoms with Gasteiger partial charge >= 0.3 is 6.03 Å². The van der Waals surface area contributed by atoms with Crippen LogP contribution in [-0.4, -0.2) is 10.6 Å². The van der Waals surface area contributed by atoms with Crippen molar-refractivity contribution in [2.45, 2.75) is 45.1 Å². The summed E-state index contributed by atoms with van der Waals surface area (Å²) in [5.74, 6) is 0. The van der Waals surface area contributed by atoms with Crippen LogP contribution in [0.1, 0.15) is 49.9 Å². The number of carbonyl (C=O) groups is 1. The summed E-state index contributed by atoms with van der Waals surface area (Å²) >= 11 is 0. The first-order chi connectivity index (χ1) is 13.7. The molecule has 0 saturated carbocycles. The first kappa shape index (κ1) is 19.2. The van der Waals surface area contributed by atoms with E-state index in [-0.39, 0.29) is 23.0 Å². The lowest BCUT2D eigenvalue weighted by Gasteiger charge is -2.21. The molecule has 2 amide bonds. The summed E-state index contributed by atoms with van der Waals surface area (Å²) in [6.07, 6.45) is 1.88. The Hall–Kier alpha value is -3.08. The smallest absolute Gasteiger partial charge is 0.319 e. The fraction of sp³-hybridized carbons (Fsp3) is 0.333. The van der Waals surface area contributed by atoms with Crippen molar-refractivity contribution >= 4 is 22.6 Å². The second kappa shape index (κ2) is 7.07. The van der Waals surface area contributed by atoms with Gasteiger partial charge in [-0.2, -0.15) is 0 Å². The van der Waals surface area contributed by atoms with Crippen molar-refractivity contribution in [1.82, 2.24) is 9.88 Å². The average molecular weight is 389 g/mol. The fourth-order valence-electron chi connectivity index (χ4n) is 4.07. The lowest BCUT2D eigenvalue weighted by molar-refractivity contribution is 0.248. The molecular formula is C24H27N3O2. The lowest BCUT2D eigenvalue weighted by Crippen LogP contribution is -2.31. The molecule has 4 rings (SSSR count). The molecular weight excluding hydrogens is 362 g/mol. The summed E-state index contributed by atoms with van der Waals surface area (Å²) in [5.41, 5.74) is 5.37.